The molecule has 2 N–H and O–H groups in total. The van der Waals surface area contributed by atoms with Gasteiger partial charge in [0.2, 0.25) is 6.10 Å². The van der Waals surface area contributed by atoms with Gasteiger partial charge in [-0.1, -0.05) is 17.3 Å². The van der Waals surface area contributed by atoms with Crippen molar-refractivity contribution in [3.63, 3.8) is 0 Å². The predicted octanol–water partition coefficient (Wildman–Crippen LogP) is 1.18. The van der Waals surface area contributed by atoms with Gasteiger partial charge in [-0.05, 0) is 25.0 Å². The van der Waals surface area contributed by atoms with Gasteiger partial charge in [-0.15, -0.1) is 0 Å². The molecular formula is C15H18N2O4. The molecule has 2 aliphatic rings. The molecule has 1 fully saturated rings. The number of carbonyl (C=O) groups is 1. The first-order chi connectivity index (χ1) is 10.2. The van der Waals surface area contributed by atoms with Crippen LogP contribution >= 0.6 is 0 Å². The zero-order valence-electron chi connectivity index (χ0n) is 11.6. The van der Waals surface area contributed by atoms with Crippen molar-refractivity contribution in [1.29, 1.82) is 0 Å². The first-order valence-electron chi connectivity index (χ1n) is 7.14. The highest BCUT2D eigenvalue weighted by Crippen LogP contribution is 2.23. The van der Waals surface area contributed by atoms with E-state index in [0.29, 0.717) is 24.2 Å². The third kappa shape index (κ3) is 3.16. The van der Waals surface area contributed by atoms with Crippen LogP contribution in [0.4, 0.5) is 0 Å². The summed E-state index contributed by atoms with van der Waals surface area (Å²) in [6.07, 6.45) is 1.84. The summed E-state index contributed by atoms with van der Waals surface area (Å²) in [5.41, 5.74) is 1.19. The Bertz CT molecular complexity index is 552. The molecule has 1 aromatic carbocycles. The summed E-state index contributed by atoms with van der Waals surface area (Å²) in [5.74, 6) is -0.0556. The van der Waals surface area contributed by atoms with E-state index in [1.165, 1.54) is 0 Å². The van der Waals surface area contributed by atoms with Gasteiger partial charge in [0, 0.05) is 25.1 Å². The molecule has 0 aromatic heterocycles. The van der Waals surface area contributed by atoms with Crippen molar-refractivity contribution in [3.05, 3.63) is 29.8 Å². The smallest absolute Gasteiger partial charge is 0.264 e. The van der Waals surface area contributed by atoms with Crippen LogP contribution in [0.25, 0.3) is 0 Å². The molecule has 1 amide bonds. The molecule has 0 spiro atoms. The molecule has 1 aromatic rings. The maximum atomic E-state index is 12.0. The van der Waals surface area contributed by atoms with E-state index in [4.69, 9.17) is 9.57 Å². The average Bonchev–Trinajstić information content (AvgIpc) is 3.17. The van der Waals surface area contributed by atoms with Gasteiger partial charge in [-0.3, -0.25) is 4.79 Å². The van der Waals surface area contributed by atoms with Gasteiger partial charge in [-0.2, -0.15) is 0 Å². The van der Waals surface area contributed by atoms with Crippen molar-refractivity contribution in [2.45, 2.75) is 31.5 Å². The summed E-state index contributed by atoms with van der Waals surface area (Å²) in [6, 6.07) is 6.89. The van der Waals surface area contributed by atoms with Crippen LogP contribution in [-0.2, 0) is 14.4 Å². The number of hydrogen-bond acceptors (Lipinski definition) is 5. The standard InChI is InChI=1S/C15H18N2O4/c18-13-6-2-1-5-11(13)12-8-14(21-17-12)15(19)16-9-10-4-3-7-20-10/h1-2,5-6,10,14,18H,3-4,7-9H2,(H,16,19)/t10-,14+/m0/s1. The molecule has 6 heteroatoms. The second kappa shape index (κ2) is 6.13. The number of amides is 1. The number of carbonyl (C=O) groups excluding carboxylic acids is 1. The lowest BCUT2D eigenvalue weighted by Crippen LogP contribution is -2.39. The van der Waals surface area contributed by atoms with Crippen LogP contribution in [0.3, 0.4) is 0 Å². The van der Waals surface area contributed by atoms with Crippen molar-refractivity contribution in [2.75, 3.05) is 13.2 Å². The van der Waals surface area contributed by atoms with E-state index in [1.807, 2.05) is 6.07 Å². The summed E-state index contributed by atoms with van der Waals surface area (Å²) in [7, 11) is 0. The minimum absolute atomic E-state index is 0.105. The van der Waals surface area contributed by atoms with Gasteiger partial charge in [0.05, 0.1) is 11.8 Å². The molecule has 3 rings (SSSR count). The second-order valence-corrected chi connectivity index (χ2v) is 5.23. The van der Waals surface area contributed by atoms with Crippen LogP contribution in [0.1, 0.15) is 24.8 Å². The Morgan fingerprint density at radius 2 is 2.29 bits per heavy atom. The van der Waals surface area contributed by atoms with Crippen molar-refractivity contribution in [3.8, 4) is 5.75 Å². The van der Waals surface area contributed by atoms with E-state index in [2.05, 4.69) is 10.5 Å². The van der Waals surface area contributed by atoms with Crippen molar-refractivity contribution in [1.82, 2.24) is 5.32 Å². The van der Waals surface area contributed by atoms with Gasteiger partial charge in [-0.25, -0.2) is 0 Å². The number of para-hydroxylation sites is 1. The fourth-order valence-corrected chi connectivity index (χ4v) is 2.53. The molecule has 112 valence electrons. The molecular weight excluding hydrogens is 272 g/mol. The molecule has 0 saturated carbocycles. The summed E-state index contributed by atoms with van der Waals surface area (Å²) < 4.78 is 5.45. The van der Waals surface area contributed by atoms with Crippen LogP contribution < -0.4 is 5.32 Å². The van der Waals surface area contributed by atoms with Crippen LogP contribution in [0.15, 0.2) is 29.4 Å². The van der Waals surface area contributed by atoms with Gasteiger partial charge in [0.15, 0.2) is 0 Å². The molecule has 2 aliphatic heterocycles. The Morgan fingerprint density at radius 3 is 3.05 bits per heavy atom. The van der Waals surface area contributed by atoms with E-state index in [1.54, 1.807) is 18.2 Å². The average molecular weight is 290 g/mol. The van der Waals surface area contributed by atoms with Gasteiger partial charge >= 0.3 is 0 Å². The molecule has 0 aliphatic carbocycles. The van der Waals surface area contributed by atoms with E-state index in [9.17, 15) is 9.90 Å². The van der Waals surface area contributed by atoms with Crippen LogP contribution in [0.2, 0.25) is 0 Å². The van der Waals surface area contributed by atoms with E-state index >= 15 is 0 Å². The van der Waals surface area contributed by atoms with E-state index in [0.717, 1.165) is 19.4 Å². The summed E-state index contributed by atoms with van der Waals surface area (Å²) in [6.45, 7) is 1.27. The first-order valence-corrected chi connectivity index (χ1v) is 7.14. The van der Waals surface area contributed by atoms with Gasteiger partial charge < -0.3 is 20.0 Å². The molecule has 2 atom stereocenters. The molecule has 2 heterocycles. The van der Waals surface area contributed by atoms with Crippen molar-refractivity contribution >= 4 is 11.6 Å². The monoisotopic (exact) mass is 290 g/mol. The molecule has 0 unspecified atom stereocenters. The first kappa shape index (κ1) is 13.9. The fraction of sp³-hybridized carbons (Fsp3) is 0.467. The zero-order valence-corrected chi connectivity index (χ0v) is 11.6. The lowest BCUT2D eigenvalue weighted by atomic mass is 10.0. The van der Waals surface area contributed by atoms with Crippen LogP contribution in [0.5, 0.6) is 5.75 Å². The predicted molar refractivity (Wildman–Crippen MR) is 76.1 cm³/mol. The Balaban J connectivity index is 1.53. The van der Waals surface area contributed by atoms with Crippen molar-refractivity contribution < 1.29 is 19.5 Å². The van der Waals surface area contributed by atoms with Crippen molar-refractivity contribution in [2.24, 2.45) is 5.16 Å². The minimum atomic E-state index is -0.638. The van der Waals surface area contributed by atoms with E-state index < -0.39 is 6.10 Å². The van der Waals surface area contributed by atoms with Crippen LogP contribution in [-0.4, -0.2) is 42.1 Å². The number of oxime groups is 1. The Kier molecular flexibility index (Phi) is 4.06. The SMILES string of the molecule is O=C(NC[C@@H]1CCCO1)[C@H]1CC(c2ccccc2O)=NO1. The normalized spacial score (nSPS) is 24.5. The topological polar surface area (TPSA) is 80.2 Å². The maximum absolute atomic E-state index is 12.0. The number of nitrogens with zero attached hydrogens (tertiary/aromatic N) is 1. The fourth-order valence-electron chi connectivity index (χ4n) is 2.53. The Hall–Kier alpha value is -2.08. The molecule has 0 radical (unpaired) electrons. The quantitative estimate of drug-likeness (QED) is 0.872. The third-order valence-corrected chi connectivity index (χ3v) is 3.70. The van der Waals surface area contributed by atoms with Gasteiger partial charge in [0.1, 0.15) is 5.75 Å². The lowest BCUT2D eigenvalue weighted by molar-refractivity contribution is -0.131. The zero-order chi connectivity index (χ0) is 14.7. The number of rotatable bonds is 4. The third-order valence-electron chi connectivity index (χ3n) is 3.70. The highest BCUT2D eigenvalue weighted by Gasteiger charge is 2.30. The number of benzene rings is 1. The maximum Gasteiger partial charge on any atom is 0.264 e. The summed E-state index contributed by atoms with van der Waals surface area (Å²) >= 11 is 0. The number of nitrogens with one attached hydrogen (secondary N) is 1. The highest BCUT2D eigenvalue weighted by atomic mass is 16.6. The van der Waals surface area contributed by atoms with E-state index in [-0.39, 0.29) is 17.8 Å². The molecule has 21 heavy (non-hydrogen) atoms. The molecule has 1 saturated heterocycles. The minimum Gasteiger partial charge on any atom is -0.507 e. The largest absolute Gasteiger partial charge is 0.507 e. The number of aromatic hydroxyl groups is 1. The lowest BCUT2D eigenvalue weighted by Gasteiger charge is -2.13. The molecule has 0 bridgehead atoms. The van der Waals surface area contributed by atoms with Gasteiger partial charge in [0.25, 0.3) is 5.91 Å². The highest BCUT2D eigenvalue weighted by molar-refractivity contribution is 6.05. The number of phenolic OH excluding ortho intramolecular Hbond substituents is 1. The number of phenols is 1. The van der Waals surface area contributed by atoms with Crippen LogP contribution in [0, 0.1) is 0 Å². The second-order valence-electron chi connectivity index (χ2n) is 5.23. The summed E-state index contributed by atoms with van der Waals surface area (Å²) in [4.78, 5) is 17.2. The summed E-state index contributed by atoms with van der Waals surface area (Å²) in [5, 5.41) is 16.5. The molecule has 6 nitrogen and oxygen atoms in total. The number of hydrogen-bond donors (Lipinski definition) is 2. The Morgan fingerprint density at radius 1 is 1.43 bits per heavy atom. The Labute approximate surface area is 122 Å². The number of ether oxygens (including phenoxy) is 1.